The zero-order chi connectivity index (χ0) is 19.1. The van der Waals surface area contributed by atoms with E-state index in [0.717, 1.165) is 42.9 Å². The maximum atomic E-state index is 12.7. The van der Waals surface area contributed by atoms with E-state index in [1.54, 1.807) is 6.07 Å². The highest BCUT2D eigenvalue weighted by Gasteiger charge is 2.18. The first-order valence-corrected chi connectivity index (χ1v) is 9.98. The predicted molar refractivity (Wildman–Crippen MR) is 109 cm³/mol. The number of nitrogens with one attached hydrogen (secondary N) is 1. The molecule has 0 radical (unpaired) electrons. The van der Waals surface area contributed by atoms with Crippen LogP contribution < -0.4 is 10.1 Å². The van der Waals surface area contributed by atoms with Crippen LogP contribution in [0.1, 0.15) is 22.8 Å². The maximum absolute atomic E-state index is 12.7. The summed E-state index contributed by atoms with van der Waals surface area (Å²) in [4.78, 5) is 15.1. The van der Waals surface area contributed by atoms with Gasteiger partial charge in [0.05, 0.1) is 18.8 Å². The lowest BCUT2D eigenvalue weighted by molar-refractivity contribution is 0.0342. The summed E-state index contributed by atoms with van der Waals surface area (Å²) in [6, 6.07) is 15.4. The van der Waals surface area contributed by atoms with Gasteiger partial charge >= 0.3 is 0 Å². The Labute approximate surface area is 168 Å². The molecule has 1 saturated heterocycles. The molecule has 1 atom stereocenters. The number of benzene rings is 2. The molecule has 1 fully saturated rings. The molecule has 0 aliphatic carbocycles. The monoisotopic (exact) mass is 432 g/mol. The Morgan fingerprint density at radius 1 is 1.22 bits per heavy atom. The Hall–Kier alpha value is -1.89. The number of amides is 1. The highest BCUT2D eigenvalue weighted by molar-refractivity contribution is 9.10. The van der Waals surface area contributed by atoms with Crippen molar-refractivity contribution in [3.63, 3.8) is 0 Å². The van der Waals surface area contributed by atoms with Crippen molar-refractivity contribution in [2.45, 2.75) is 19.6 Å². The minimum atomic E-state index is -0.111. The number of rotatable bonds is 7. The number of ether oxygens (including phenoxy) is 2. The van der Waals surface area contributed by atoms with Gasteiger partial charge in [-0.05, 0) is 36.8 Å². The van der Waals surface area contributed by atoms with Gasteiger partial charge in [0.2, 0.25) is 0 Å². The van der Waals surface area contributed by atoms with Gasteiger partial charge in [0, 0.05) is 30.1 Å². The van der Waals surface area contributed by atoms with Crippen molar-refractivity contribution in [3.05, 3.63) is 64.1 Å². The normalized spacial score (nSPS) is 15.9. The summed E-state index contributed by atoms with van der Waals surface area (Å²) in [6.07, 6.45) is 0. The van der Waals surface area contributed by atoms with Crippen molar-refractivity contribution < 1.29 is 14.3 Å². The van der Waals surface area contributed by atoms with Crippen LogP contribution in [0.4, 0.5) is 0 Å². The average molecular weight is 433 g/mol. The Kier molecular flexibility index (Phi) is 7.26. The lowest BCUT2D eigenvalue weighted by atomic mass is 10.1. The fourth-order valence-corrected chi connectivity index (χ4v) is 3.53. The second-order valence-electron chi connectivity index (χ2n) is 6.70. The van der Waals surface area contributed by atoms with E-state index in [1.807, 2.05) is 49.4 Å². The largest absolute Gasteiger partial charge is 0.488 e. The zero-order valence-corrected chi connectivity index (χ0v) is 17.1. The Morgan fingerprint density at radius 2 is 2.00 bits per heavy atom. The van der Waals surface area contributed by atoms with Crippen LogP contribution in [-0.2, 0) is 11.3 Å². The molecule has 1 aliphatic heterocycles. The molecule has 0 saturated carbocycles. The molecule has 1 amide bonds. The predicted octanol–water partition coefficient (Wildman–Crippen LogP) is 3.48. The molecule has 6 heteroatoms. The fourth-order valence-electron chi connectivity index (χ4n) is 3.09. The van der Waals surface area contributed by atoms with E-state index in [2.05, 4.69) is 26.1 Å². The standard InChI is InChI=1S/C21H25BrN2O3/c1-16(14-24-9-11-26-12-10-24)23-21(25)19-7-2-3-8-20(19)27-15-17-5-4-6-18(22)13-17/h2-8,13,16H,9-12,14-15H2,1H3,(H,23,25). The molecule has 1 aliphatic rings. The molecule has 0 bridgehead atoms. The van der Waals surface area contributed by atoms with E-state index in [4.69, 9.17) is 9.47 Å². The number of nitrogens with zero attached hydrogens (tertiary/aromatic N) is 1. The lowest BCUT2D eigenvalue weighted by Crippen LogP contribution is -2.46. The van der Waals surface area contributed by atoms with E-state index in [1.165, 1.54) is 0 Å². The van der Waals surface area contributed by atoms with Crippen LogP contribution in [0.25, 0.3) is 0 Å². The third-order valence-corrected chi connectivity index (χ3v) is 4.92. The summed E-state index contributed by atoms with van der Waals surface area (Å²) in [5.41, 5.74) is 1.60. The molecular weight excluding hydrogens is 408 g/mol. The molecule has 5 nitrogen and oxygen atoms in total. The molecule has 3 rings (SSSR count). The molecule has 2 aromatic rings. The van der Waals surface area contributed by atoms with Crippen LogP contribution in [0.15, 0.2) is 53.0 Å². The van der Waals surface area contributed by atoms with Crippen molar-refractivity contribution in [2.75, 3.05) is 32.8 Å². The Balaban J connectivity index is 1.59. The van der Waals surface area contributed by atoms with Crippen molar-refractivity contribution in [3.8, 4) is 5.75 Å². The number of hydrogen-bond acceptors (Lipinski definition) is 4. The summed E-state index contributed by atoms with van der Waals surface area (Å²) >= 11 is 3.46. The summed E-state index contributed by atoms with van der Waals surface area (Å²) < 4.78 is 12.3. The second kappa shape index (κ2) is 9.88. The Bertz CT molecular complexity index is 763. The maximum Gasteiger partial charge on any atom is 0.255 e. The molecule has 0 aromatic heterocycles. The van der Waals surface area contributed by atoms with Gasteiger partial charge in [-0.15, -0.1) is 0 Å². The van der Waals surface area contributed by atoms with E-state index >= 15 is 0 Å². The van der Waals surface area contributed by atoms with Crippen molar-refractivity contribution >= 4 is 21.8 Å². The van der Waals surface area contributed by atoms with Crippen LogP contribution in [-0.4, -0.2) is 49.7 Å². The third-order valence-electron chi connectivity index (χ3n) is 4.43. The number of hydrogen-bond donors (Lipinski definition) is 1. The molecule has 1 heterocycles. The SMILES string of the molecule is CC(CN1CCOCC1)NC(=O)c1ccccc1OCc1cccc(Br)c1. The summed E-state index contributed by atoms with van der Waals surface area (Å²) in [6.45, 7) is 6.58. The highest BCUT2D eigenvalue weighted by Crippen LogP contribution is 2.20. The van der Waals surface area contributed by atoms with Gasteiger partial charge in [-0.3, -0.25) is 9.69 Å². The molecule has 2 aromatic carbocycles. The second-order valence-corrected chi connectivity index (χ2v) is 7.62. The molecular formula is C21H25BrN2O3. The van der Waals surface area contributed by atoms with Crippen molar-refractivity contribution in [1.29, 1.82) is 0 Å². The van der Waals surface area contributed by atoms with Crippen LogP contribution in [0, 0.1) is 0 Å². The van der Waals surface area contributed by atoms with Crippen LogP contribution >= 0.6 is 15.9 Å². The molecule has 144 valence electrons. The van der Waals surface area contributed by atoms with Gasteiger partial charge in [0.1, 0.15) is 12.4 Å². The van der Waals surface area contributed by atoms with E-state index < -0.39 is 0 Å². The summed E-state index contributed by atoms with van der Waals surface area (Å²) in [5.74, 6) is 0.481. The van der Waals surface area contributed by atoms with Gasteiger partial charge in [-0.2, -0.15) is 0 Å². The van der Waals surface area contributed by atoms with E-state index in [-0.39, 0.29) is 11.9 Å². The van der Waals surface area contributed by atoms with Gasteiger partial charge in [-0.1, -0.05) is 40.2 Å². The smallest absolute Gasteiger partial charge is 0.255 e. The minimum absolute atomic E-state index is 0.0498. The first-order chi connectivity index (χ1) is 13.1. The number of halogens is 1. The van der Waals surface area contributed by atoms with Gasteiger partial charge in [0.15, 0.2) is 0 Å². The molecule has 1 N–H and O–H groups in total. The third kappa shape index (κ3) is 6.06. The lowest BCUT2D eigenvalue weighted by Gasteiger charge is -2.29. The number of morpholine rings is 1. The quantitative estimate of drug-likeness (QED) is 0.727. The van der Waals surface area contributed by atoms with Crippen LogP contribution in [0.3, 0.4) is 0 Å². The first kappa shape index (κ1) is 19.9. The molecule has 0 spiro atoms. The van der Waals surface area contributed by atoms with Crippen LogP contribution in [0.2, 0.25) is 0 Å². The average Bonchev–Trinajstić information content (AvgIpc) is 2.67. The Morgan fingerprint density at radius 3 is 2.78 bits per heavy atom. The van der Waals surface area contributed by atoms with E-state index in [9.17, 15) is 4.79 Å². The number of carbonyl (C=O) groups is 1. The summed E-state index contributed by atoms with van der Waals surface area (Å²) in [7, 11) is 0. The minimum Gasteiger partial charge on any atom is -0.488 e. The van der Waals surface area contributed by atoms with Gasteiger partial charge in [0.25, 0.3) is 5.91 Å². The zero-order valence-electron chi connectivity index (χ0n) is 15.5. The van der Waals surface area contributed by atoms with Crippen molar-refractivity contribution in [1.82, 2.24) is 10.2 Å². The van der Waals surface area contributed by atoms with Crippen molar-refractivity contribution in [2.24, 2.45) is 0 Å². The van der Waals surface area contributed by atoms with Gasteiger partial charge < -0.3 is 14.8 Å². The number of para-hydroxylation sites is 1. The van der Waals surface area contributed by atoms with Crippen LogP contribution in [0.5, 0.6) is 5.75 Å². The number of carbonyl (C=O) groups excluding carboxylic acids is 1. The van der Waals surface area contributed by atoms with Gasteiger partial charge in [-0.25, -0.2) is 0 Å². The summed E-state index contributed by atoms with van der Waals surface area (Å²) in [5, 5.41) is 3.08. The molecule has 1 unspecified atom stereocenters. The van der Waals surface area contributed by atoms with E-state index in [0.29, 0.717) is 17.9 Å². The molecule has 27 heavy (non-hydrogen) atoms. The topological polar surface area (TPSA) is 50.8 Å². The fraction of sp³-hybridized carbons (Fsp3) is 0.381. The highest BCUT2D eigenvalue weighted by atomic mass is 79.9. The first-order valence-electron chi connectivity index (χ1n) is 9.19.